The first kappa shape index (κ1) is 26.3. The number of aliphatic imine (C=N–C) groups is 1. The number of carbonyl (C=O) groups is 1. The highest BCUT2D eigenvalue weighted by Gasteiger charge is 2.30. The Labute approximate surface area is 180 Å². The molecule has 0 saturated heterocycles. The summed E-state index contributed by atoms with van der Waals surface area (Å²) in [6.07, 6.45) is -5.89. The zero-order valence-corrected chi connectivity index (χ0v) is 18.2. The van der Waals surface area contributed by atoms with E-state index in [-0.39, 0.29) is 18.9 Å². The lowest BCUT2D eigenvalue weighted by molar-refractivity contribution is -0.137. The van der Waals surface area contributed by atoms with Crippen LogP contribution in [0.25, 0.3) is 0 Å². The average Bonchev–Trinajstić information content (AvgIpc) is 2.66. The lowest BCUT2D eigenvalue weighted by atomic mass is 10.2. The van der Waals surface area contributed by atoms with Crippen LogP contribution in [0.3, 0.4) is 0 Å². The van der Waals surface area contributed by atoms with Crippen LogP contribution in [0.4, 0.5) is 18.0 Å². The highest BCUT2D eigenvalue weighted by Crippen LogP contribution is 2.30. The van der Waals surface area contributed by atoms with E-state index in [0.717, 1.165) is 12.1 Å². The maximum atomic E-state index is 12.6. The van der Waals surface area contributed by atoms with Gasteiger partial charge in [-0.05, 0) is 52.0 Å². The number of alkyl halides is 3. The highest BCUT2D eigenvalue weighted by molar-refractivity contribution is 5.79. The Morgan fingerprint density at radius 3 is 2.26 bits per heavy atom. The van der Waals surface area contributed by atoms with Crippen molar-refractivity contribution in [1.29, 1.82) is 0 Å². The molecule has 1 atom stereocenters. The third-order valence-corrected chi connectivity index (χ3v) is 3.51. The lowest BCUT2D eigenvalue weighted by Crippen LogP contribution is -2.43. The fourth-order valence-electron chi connectivity index (χ4n) is 2.18. The number of guanidine groups is 1. The van der Waals surface area contributed by atoms with E-state index in [0.29, 0.717) is 25.6 Å². The minimum absolute atomic E-state index is 0.00939. The van der Waals surface area contributed by atoms with Gasteiger partial charge in [0.25, 0.3) is 0 Å². The van der Waals surface area contributed by atoms with Gasteiger partial charge in [0, 0.05) is 19.6 Å². The Morgan fingerprint density at radius 2 is 1.71 bits per heavy atom. The van der Waals surface area contributed by atoms with Crippen LogP contribution in [0.1, 0.15) is 33.3 Å². The SMILES string of the molecule is CCNC(=NCC(O)COc1ccc(C(F)(F)F)cc1)NCCNC(=O)OC(C)(C)C. The smallest absolute Gasteiger partial charge is 0.416 e. The minimum atomic E-state index is -4.41. The molecule has 0 aliphatic rings. The van der Waals surface area contributed by atoms with Crippen molar-refractivity contribution >= 4 is 12.1 Å². The number of aliphatic hydroxyl groups excluding tert-OH is 1. The Bertz CT molecular complexity index is 704. The van der Waals surface area contributed by atoms with Crippen molar-refractivity contribution in [2.24, 2.45) is 4.99 Å². The van der Waals surface area contributed by atoms with Gasteiger partial charge in [-0.3, -0.25) is 4.99 Å². The molecule has 0 aliphatic carbocycles. The number of aliphatic hydroxyl groups is 1. The predicted octanol–water partition coefficient (Wildman–Crippen LogP) is 2.52. The molecule has 0 aliphatic heterocycles. The Balaban J connectivity index is 2.40. The van der Waals surface area contributed by atoms with E-state index in [1.165, 1.54) is 12.1 Å². The molecule has 1 aromatic rings. The molecule has 4 N–H and O–H groups in total. The highest BCUT2D eigenvalue weighted by atomic mass is 19.4. The van der Waals surface area contributed by atoms with Crippen molar-refractivity contribution in [3.8, 4) is 5.75 Å². The zero-order valence-electron chi connectivity index (χ0n) is 18.2. The van der Waals surface area contributed by atoms with Crippen LogP contribution in [0.15, 0.2) is 29.3 Å². The molecule has 1 unspecified atom stereocenters. The van der Waals surface area contributed by atoms with Crippen molar-refractivity contribution in [3.63, 3.8) is 0 Å². The molecular formula is C20H31F3N4O4. The molecule has 0 aromatic heterocycles. The van der Waals surface area contributed by atoms with Crippen molar-refractivity contribution in [2.45, 2.75) is 45.6 Å². The number of hydrogen-bond acceptors (Lipinski definition) is 5. The summed E-state index contributed by atoms with van der Waals surface area (Å²) >= 11 is 0. The number of halogens is 3. The molecule has 11 heteroatoms. The van der Waals surface area contributed by atoms with Crippen molar-refractivity contribution in [2.75, 3.05) is 32.8 Å². The second kappa shape index (κ2) is 12.2. The van der Waals surface area contributed by atoms with Gasteiger partial charge in [-0.25, -0.2) is 4.79 Å². The normalized spacial score (nSPS) is 13.4. The maximum Gasteiger partial charge on any atom is 0.416 e. The Hall–Kier alpha value is -2.69. The van der Waals surface area contributed by atoms with Gasteiger partial charge in [0.1, 0.15) is 24.1 Å². The van der Waals surface area contributed by atoms with Gasteiger partial charge >= 0.3 is 12.3 Å². The van der Waals surface area contributed by atoms with Gasteiger partial charge in [0.15, 0.2) is 5.96 Å². The van der Waals surface area contributed by atoms with Gasteiger partial charge in [-0.1, -0.05) is 0 Å². The second-order valence-electron chi connectivity index (χ2n) is 7.56. The first-order valence-corrected chi connectivity index (χ1v) is 9.88. The topological polar surface area (TPSA) is 104 Å². The van der Waals surface area contributed by atoms with Crippen molar-refractivity contribution < 1.29 is 32.5 Å². The van der Waals surface area contributed by atoms with Crippen LogP contribution in [0.5, 0.6) is 5.75 Å². The minimum Gasteiger partial charge on any atom is -0.491 e. The molecule has 1 rings (SSSR count). The van der Waals surface area contributed by atoms with E-state index in [1.807, 2.05) is 6.92 Å². The molecular weight excluding hydrogens is 417 g/mol. The third-order valence-electron chi connectivity index (χ3n) is 3.51. The molecule has 0 fully saturated rings. The summed E-state index contributed by atoms with van der Waals surface area (Å²) < 4.78 is 48.1. The van der Waals surface area contributed by atoms with Gasteiger partial charge in [0.05, 0.1) is 12.1 Å². The maximum absolute atomic E-state index is 12.6. The number of carbonyl (C=O) groups excluding carboxylic acids is 1. The molecule has 1 amide bonds. The first-order valence-electron chi connectivity index (χ1n) is 9.88. The van der Waals surface area contributed by atoms with Crippen LogP contribution >= 0.6 is 0 Å². The number of ether oxygens (including phenoxy) is 2. The van der Waals surface area contributed by atoms with E-state index in [1.54, 1.807) is 20.8 Å². The van der Waals surface area contributed by atoms with Crippen LogP contribution in [0, 0.1) is 0 Å². The largest absolute Gasteiger partial charge is 0.491 e. The van der Waals surface area contributed by atoms with Crippen molar-refractivity contribution in [1.82, 2.24) is 16.0 Å². The summed E-state index contributed by atoms with van der Waals surface area (Å²) in [6.45, 7) is 8.34. The molecule has 0 saturated carbocycles. The fraction of sp³-hybridized carbons (Fsp3) is 0.600. The Morgan fingerprint density at radius 1 is 1.10 bits per heavy atom. The lowest BCUT2D eigenvalue weighted by Gasteiger charge is -2.20. The zero-order chi connectivity index (χ0) is 23.5. The monoisotopic (exact) mass is 448 g/mol. The second-order valence-corrected chi connectivity index (χ2v) is 7.56. The molecule has 1 aromatic carbocycles. The summed E-state index contributed by atoms with van der Waals surface area (Å²) in [6, 6.07) is 4.22. The number of hydrogen-bond donors (Lipinski definition) is 4. The van der Waals surface area contributed by atoms with Gasteiger partial charge in [-0.2, -0.15) is 13.2 Å². The molecule has 0 heterocycles. The number of benzene rings is 1. The number of alkyl carbamates (subject to hydrolysis) is 1. The van der Waals surface area contributed by atoms with Crippen LogP contribution in [-0.2, 0) is 10.9 Å². The molecule has 0 spiro atoms. The Kier molecular flexibility index (Phi) is 10.4. The summed E-state index contributed by atoms with van der Waals surface area (Å²) in [7, 11) is 0. The molecule has 0 bridgehead atoms. The summed E-state index contributed by atoms with van der Waals surface area (Å²) in [5.74, 6) is 0.649. The summed E-state index contributed by atoms with van der Waals surface area (Å²) in [5.41, 5.74) is -1.35. The fourth-order valence-corrected chi connectivity index (χ4v) is 2.18. The summed E-state index contributed by atoms with van der Waals surface area (Å²) in [5, 5.41) is 18.6. The van der Waals surface area contributed by atoms with E-state index in [9.17, 15) is 23.1 Å². The third kappa shape index (κ3) is 11.9. The van der Waals surface area contributed by atoms with E-state index in [4.69, 9.17) is 9.47 Å². The standard InChI is InChI=1S/C20H31F3N4O4/c1-5-24-17(25-10-11-26-18(29)31-19(2,3)4)27-12-15(28)13-30-16-8-6-14(7-9-16)20(21,22)23/h6-9,15,28H,5,10-13H2,1-4H3,(H,26,29)(H2,24,25,27). The first-order chi connectivity index (χ1) is 14.4. The molecule has 176 valence electrons. The number of nitrogens with one attached hydrogen (secondary N) is 3. The molecule has 31 heavy (non-hydrogen) atoms. The number of rotatable bonds is 9. The van der Waals surface area contributed by atoms with Crippen LogP contribution in [0.2, 0.25) is 0 Å². The van der Waals surface area contributed by atoms with Gasteiger partial charge in [-0.15, -0.1) is 0 Å². The van der Waals surface area contributed by atoms with Gasteiger partial charge < -0.3 is 30.5 Å². The summed E-state index contributed by atoms with van der Waals surface area (Å²) in [4.78, 5) is 15.8. The quantitative estimate of drug-likeness (QED) is 0.263. The predicted molar refractivity (Wildman–Crippen MR) is 111 cm³/mol. The van der Waals surface area contributed by atoms with Gasteiger partial charge in [0.2, 0.25) is 0 Å². The van der Waals surface area contributed by atoms with E-state index < -0.39 is 29.5 Å². The van der Waals surface area contributed by atoms with Crippen molar-refractivity contribution in [3.05, 3.63) is 29.8 Å². The average molecular weight is 448 g/mol. The van der Waals surface area contributed by atoms with E-state index >= 15 is 0 Å². The molecule has 0 radical (unpaired) electrons. The van der Waals surface area contributed by atoms with Crippen LogP contribution < -0.4 is 20.7 Å². The van der Waals surface area contributed by atoms with E-state index in [2.05, 4.69) is 20.9 Å². The van der Waals surface area contributed by atoms with Crippen LogP contribution in [-0.4, -0.2) is 61.7 Å². The number of amides is 1. The molecule has 8 nitrogen and oxygen atoms in total. The number of nitrogens with zero attached hydrogens (tertiary/aromatic N) is 1.